The van der Waals surface area contributed by atoms with E-state index >= 15 is 0 Å². The van der Waals surface area contributed by atoms with E-state index in [1.165, 1.54) is 28.0 Å². The Balaban J connectivity index is 1.56. The lowest BCUT2D eigenvalue weighted by Crippen LogP contribution is -2.37. The highest BCUT2D eigenvalue weighted by Crippen LogP contribution is 2.28. The van der Waals surface area contributed by atoms with Crippen LogP contribution in [0.5, 0.6) is 0 Å². The summed E-state index contributed by atoms with van der Waals surface area (Å²) >= 11 is 0. The monoisotopic (exact) mass is 324 g/mol. The lowest BCUT2D eigenvalue weighted by atomic mass is 10.1. The molecule has 24 heavy (non-hydrogen) atoms. The van der Waals surface area contributed by atoms with Crippen LogP contribution in [0.4, 0.5) is 0 Å². The molecule has 5 heteroatoms. The number of hydrogen-bond acceptors (Lipinski definition) is 3. The third kappa shape index (κ3) is 2.64. The van der Waals surface area contributed by atoms with E-state index in [2.05, 4.69) is 45.6 Å². The molecule has 1 aromatic carbocycles. The van der Waals surface area contributed by atoms with Gasteiger partial charge in [0.2, 0.25) is 0 Å². The Hall–Kier alpha value is -2.11. The second-order valence-electron chi connectivity index (χ2n) is 6.50. The molecule has 1 N–H and O–H groups in total. The predicted molar refractivity (Wildman–Crippen MR) is 94.9 cm³/mol. The van der Waals surface area contributed by atoms with E-state index in [1.807, 2.05) is 12.4 Å². The maximum atomic E-state index is 5.21. The molecule has 2 aromatic heterocycles. The minimum absolute atomic E-state index is 0.323. The van der Waals surface area contributed by atoms with Gasteiger partial charge in [-0.05, 0) is 24.6 Å². The second-order valence-corrected chi connectivity index (χ2v) is 6.50. The lowest BCUT2D eigenvalue weighted by molar-refractivity contribution is 0.153. The highest BCUT2D eigenvalue weighted by molar-refractivity contribution is 5.82. The molecule has 0 saturated carbocycles. The molecular formula is C19H24N4O. The standard InChI is InChI=1S/C19H24N4O/c1-14-19-21-12-16(7-11-24-2)23(19)10-9-22(14)13-15-4-3-5-18-17(15)6-8-20-18/h3-6,8,12,14,20H,7,9-11,13H2,1-2H3/t14-/m0/s1. The number of H-pyrrole nitrogens is 1. The first-order valence-electron chi connectivity index (χ1n) is 8.60. The number of rotatable bonds is 5. The van der Waals surface area contributed by atoms with E-state index in [4.69, 9.17) is 9.72 Å². The third-order valence-electron chi connectivity index (χ3n) is 5.12. The van der Waals surface area contributed by atoms with E-state index in [-0.39, 0.29) is 0 Å². The first-order chi connectivity index (χ1) is 11.8. The fourth-order valence-corrected chi connectivity index (χ4v) is 3.73. The van der Waals surface area contributed by atoms with Gasteiger partial charge in [-0.1, -0.05) is 12.1 Å². The molecule has 1 aliphatic rings. The normalized spacial score (nSPS) is 18.2. The number of aromatic nitrogens is 3. The number of methoxy groups -OCH3 is 1. The Labute approximate surface area is 142 Å². The van der Waals surface area contributed by atoms with Crippen molar-refractivity contribution in [2.45, 2.75) is 32.5 Å². The zero-order chi connectivity index (χ0) is 16.5. The number of imidazole rings is 1. The molecule has 0 fully saturated rings. The summed E-state index contributed by atoms with van der Waals surface area (Å²) in [6.07, 6.45) is 4.96. The van der Waals surface area contributed by atoms with Gasteiger partial charge in [-0.25, -0.2) is 4.98 Å². The summed E-state index contributed by atoms with van der Waals surface area (Å²) < 4.78 is 7.58. The van der Waals surface area contributed by atoms with E-state index in [0.29, 0.717) is 6.04 Å². The molecule has 3 heterocycles. The number of benzene rings is 1. The van der Waals surface area contributed by atoms with Gasteiger partial charge < -0.3 is 14.3 Å². The molecule has 5 nitrogen and oxygen atoms in total. The van der Waals surface area contributed by atoms with Crippen molar-refractivity contribution in [1.29, 1.82) is 0 Å². The lowest BCUT2D eigenvalue weighted by Gasteiger charge is -2.34. The molecule has 0 radical (unpaired) electrons. The summed E-state index contributed by atoms with van der Waals surface area (Å²) in [6.45, 7) is 6.01. The van der Waals surface area contributed by atoms with Gasteiger partial charge in [0.1, 0.15) is 5.82 Å². The van der Waals surface area contributed by atoms with Crippen molar-refractivity contribution in [1.82, 2.24) is 19.4 Å². The van der Waals surface area contributed by atoms with Crippen LogP contribution in [0.1, 0.15) is 30.0 Å². The van der Waals surface area contributed by atoms with Gasteiger partial charge in [-0.2, -0.15) is 0 Å². The van der Waals surface area contributed by atoms with Gasteiger partial charge in [0.15, 0.2) is 0 Å². The van der Waals surface area contributed by atoms with Crippen LogP contribution in [0.15, 0.2) is 36.7 Å². The molecule has 0 saturated heterocycles. The third-order valence-corrected chi connectivity index (χ3v) is 5.12. The van der Waals surface area contributed by atoms with E-state index in [0.717, 1.165) is 32.7 Å². The number of fused-ring (bicyclic) bond motifs is 2. The average molecular weight is 324 g/mol. The molecule has 126 valence electrons. The topological polar surface area (TPSA) is 46.1 Å². The van der Waals surface area contributed by atoms with Gasteiger partial charge in [0.05, 0.1) is 12.6 Å². The van der Waals surface area contributed by atoms with Crippen molar-refractivity contribution in [3.05, 3.63) is 53.7 Å². The maximum Gasteiger partial charge on any atom is 0.126 e. The zero-order valence-corrected chi connectivity index (χ0v) is 14.3. The van der Waals surface area contributed by atoms with Crippen LogP contribution in [0.3, 0.4) is 0 Å². The summed E-state index contributed by atoms with van der Waals surface area (Å²) in [6, 6.07) is 8.99. The summed E-state index contributed by atoms with van der Waals surface area (Å²) in [5.74, 6) is 1.17. The highest BCUT2D eigenvalue weighted by atomic mass is 16.5. The van der Waals surface area contributed by atoms with Gasteiger partial charge in [0, 0.05) is 62.2 Å². The first kappa shape index (κ1) is 15.4. The fraction of sp³-hybridized carbons (Fsp3) is 0.421. The van der Waals surface area contributed by atoms with Gasteiger partial charge in [-0.15, -0.1) is 0 Å². The first-order valence-corrected chi connectivity index (χ1v) is 8.60. The summed E-state index contributed by atoms with van der Waals surface area (Å²) in [5.41, 5.74) is 3.87. The molecule has 1 aliphatic heterocycles. The van der Waals surface area contributed by atoms with Crippen molar-refractivity contribution in [2.24, 2.45) is 0 Å². The molecule has 0 aliphatic carbocycles. The highest BCUT2D eigenvalue weighted by Gasteiger charge is 2.27. The molecule has 0 bridgehead atoms. The van der Waals surface area contributed by atoms with E-state index in [1.54, 1.807) is 7.11 Å². The average Bonchev–Trinajstić information content (AvgIpc) is 3.23. The summed E-state index contributed by atoms with van der Waals surface area (Å²) in [7, 11) is 1.75. The summed E-state index contributed by atoms with van der Waals surface area (Å²) in [4.78, 5) is 10.5. The molecule has 0 spiro atoms. The van der Waals surface area contributed by atoms with Gasteiger partial charge >= 0.3 is 0 Å². The van der Waals surface area contributed by atoms with E-state index < -0.39 is 0 Å². The largest absolute Gasteiger partial charge is 0.384 e. The molecule has 4 rings (SSSR count). The number of aromatic amines is 1. The van der Waals surface area contributed by atoms with Crippen LogP contribution in [0.2, 0.25) is 0 Å². The summed E-state index contributed by atoms with van der Waals surface area (Å²) in [5, 5.41) is 1.32. The maximum absolute atomic E-state index is 5.21. The fourth-order valence-electron chi connectivity index (χ4n) is 3.73. The molecule has 0 amide bonds. The van der Waals surface area contributed by atoms with E-state index in [9.17, 15) is 0 Å². The quantitative estimate of drug-likeness (QED) is 0.784. The number of hydrogen-bond donors (Lipinski definition) is 1. The minimum atomic E-state index is 0.323. The number of nitrogens with zero attached hydrogens (tertiary/aromatic N) is 3. The van der Waals surface area contributed by atoms with Crippen molar-refractivity contribution in [3.63, 3.8) is 0 Å². The van der Waals surface area contributed by atoms with Gasteiger partial charge in [0.25, 0.3) is 0 Å². The van der Waals surface area contributed by atoms with Crippen LogP contribution in [-0.4, -0.2) is 39.7 Å². The van der Waals surface area contributed by atoms with Crippen LogP contribution < -0.4 is 0 Å². The Morgan fingerprint density at radius 1 is 1.29 bits per heavy atom. The van der Waals surface area contributed by atoms with Crippen LogP contribution in [-0.2, 0) is 24.2 Å². The minimum Gasteiger partial charge on any atom is -0.384 e. The molecule has 3 aromatic rings. The van der Waals surface area contributed by atoms with Crippen LogP contribution in [0.25, 0.3) is 10.9 Å². The van der Waals surface area contributed by atoms with Gasteiger partial charge in [-0.3, -0.25) is 4.90 Å². The molecule has 1 atom stereocenters. The predicted octanol–water partition coefficient (Wildman–Crippen LogP) is 3.13. The SMILES string of the molecule is COCCc1cnc2n1CCN(Cc1cccc3[nH]ccc13)[C@H]2C. The molecular weight excluding hydrogens is 300 g/mol. The van der Waals surface area contributed by atoms with Crippen molar-refractivity contribution >= 4 is 10.9 Å². The smallest absolute Gasteiger partial charge is 0.126 e. The number of nitrogens with one attached hydrogen (secondary N) is 1. The zero-order valence-electron chi connectivity index (χ0n) is 14.3. The van der Waals surface area contributed by atoms with Crippen LogP contribution in [0, 0.1) is 0 Å². The van der Waals surface area contributed by atoms with Crippen LogP contribution >= 0.6 is 0 Å². The number of ether oxygens (including phenoxy) is 1. The van der Waals surface area contributed by atoms with Crippen molar-refractivity contribution in [3.8, 4) is 0 Å². The van der Waals surface area contributed by atoms with Crippen molar-refractivity contribution < 1.29 is 4.74 Å². The Morgan fingerprint density at radius 3 is 3.08 bits per heavy atom. The molecule has 0 unspecified atom stereocenters. The van der Waals surface area contributed by atoms with Crippen molar-refractivity contribution in [2.75, 3.05) is 20.3 Å². The Bertz CT molecular complexity index is 835. The Kier molecular flexibility index (Phi) is 4.12. The second kappa shape index (κ2) is 6.42. The Morgan fingerprint density at radius 2 is 2.21 bits per heavy atom.